The summed E-state index contributed by atoms with van der Waals surface area (Å²) in [4.78, 5) is 12.0. The van der Waals surface area contributed by atoms with Crippen LogP contribution in [0.1, 0.15) is 29.4 Å². The molecule has 2 aliphatic heterocycles. The average Bonchev–Trinajstić information content (AvgIpc) is 3.08. The molecule has 0 bridgehead atoms. The number of rotatable bonds is 4. The van der Waals surface area contributed by atoms with Crippen LogP contribution in [0.25, 0.3) is 0 Å². The Balaban J connectivity index is 1.51. The summed E-state index contributed by atoms with van der Waals surface area (Å²) in [6.07, 6.45) is 3.58. The second-order valence-electron chi connectivity index (χ2n) is 5.52. The minimum atomic E-state index is -0.156. The maximum atomic E-state index is 12.0. The number of ether oxygens (including phenoxy) is 1. The molecule has 2 fully saturated rings. The van der Waals surface area contributed by atoms with E-state index in [-0.39, 0.29) is 12.1 Å². The molecule has 1 atom stereocenters. The van der Waals surface area contributed by atoms with Crippen LogP contribution in [0.3, 0.4) is 0 Å². The molecule has 2 amide bonds. The summed E-state index contributed by atoms with van der Waals surface area (Å²) in [5, 5.41) is 5.81. The van der Waals surface area contributed by atoms with E-state index in [0.717, 1.165) is 25.1 Å². The molecule has 0 aliphatic carbocycles. The number of urea groups is 1. The highest BCUT2D eigenvalue weighted by Gasteiger charge is 2.18. The Morgan fingerprint density at radius 3 is 2.91 bits per heavy atom. The summed E-state index contributed by atoms with van der Waals surface area (Å²) in [6, 6.07) is 8.03. The summed E-state index contributed by atoms with van der Waals surface area (Å²) in [6.45, 7) is 1.40. The molecule has 0 spiro atoms. The van der Waals surface area contributed by atoms with Gasteiger partial charge in [0.15, 0.2) is 0 Å². The van der Waals surface area contributed by atoms with E-state index in [9.17, 15) is 4.79 Å². The van der Waals surface area contributed by atoms with E-state index in [1.165, 1.54) is 23.5 Å². The molecule has 1 aromatic carbocycles. The van der Waals surface area contributed by atoms with Crippen LogP contribution in [0.4, 0.5) is 10.5 Å². The van der Waals surface area contributed by atoms with Gasteiger partial charge in [-0.15, -0.1) is 23.5 Å². The summed E-state index contributed by atoms with van der Waals surface area (Å²) < 4.78 is 6.00. The molecular weight excluding hydrogens is 316 g/mol. The van der Waals surface area contributed by atoms with Crippen LogP contribution in [0.15, 0.2) is 24.3 Å². The molecule has 1 unspecified atom stereocenters. The van der Waals surface area contributed by atoms with Crippen molar-refractivity contribution in [1.82, 2.24) is 5.32 Å². The predicted molar refractivity (Wildman–Crippen MR) is 94.7 cm³/mol. The number of carbonyl (C=O) groups excluding carboxylic acids is 1. The molecule has 2 N–H and O–H groups in total. The molecule has 0 radical (unpaired) electrons. The van der Waals surface area contributed by atoms with Gasteiger partial charge in [0.25, 0.3) is 0 Å². The minimum absolute atomic E-state index is 0.156. The van der Waals surface area contributed by atoms with Crippen molar-refractivity contribution in [3.63, 3.8) is 0 Å². The number of anilines is 1. The highest BCUT2D eigenvalue weighted by atomic mass is 32.2. The summed E-state index contributed by atoms with van der Waals surface area (Å²) in [5.74, 6) is 2.44. The van der Waals surface area contributed by atoms with Crippen LogP contribution in [-0.2, 0) is 4.74 Å². The zero-order valence-corrected chi connectivity index (χ0v) is 14.2. The molecule has 3 rings (SSSR count). The Hall–Kier alpha value is -0.850. The number of benzene rings is 1. The maximum Gasteiger partial charge on any atom is 0.319 e. The third-order valence-corrected chi connectivity index (χ3v) is 6.77. The molecule has 4 nitrogen and oxygen atoms in total. The van der Waals surface area contributed by atoms with Crippen molar-refractivity contribution in [2.75, 3.05) is 30.0 Å². The van der Waals surface area contributed by atoms with Gasteiger partial charge in [0.05, 0.1) is 10.7 Å². The largest absolute Gasteiger partial charge is 0.376 e. The molecular formula is C16H22N2O2S2. The van der Waals surface area contributed by atoms with E-state index in [1.807, 2.05) is 35.7 Å². The fourth-order valence-electron chi connectivity index (χ4n) is 2.63. The normalized spacial score (nSPS) is 22.5. The first kappa shape index (κ1) is 16.0. The lowest BCUT2D eigenvalue weighted by Crippen LogP contribution is -2.35. The Labute approximate surface area is 140 Å². The van der Waals surface area contributed by atoms with Gasteiger partial charge in [-0.05, 0) is 48.5 Å². The molecule has 0 saturated carbocycles. The lowest BCUT2D eigenvalue weighted by molar-refractivity contribution is 0.112. The van der Waals surface area contributed by atoms with Gasteiger partial charge in [0.2, 0.25) is 0 Å². The number of hydrogen-bond acceptors (Lipinski definition) is 4. The van der Waals surface area contributed by atoms with Crippen LogP contribution in [-0.4, -0.2) is 36.8 Å². The maximum absolute atomic E-state index is 12.0. The quantitative estimate of drug-likeness (QED) is 0.875. The molecule has 0 aromatic heterocycles. The highest BCUT2D eigenvalue weighted by Crippen LogP contribution is 2.43. The SMILES string of the molecule is O=C(NCC1CCCO1)Nc1cccc(C2SCCCS2)c1. The van der Waals surface area contributed by atoms with Gasteiger partial charge < -0.3 is 15.4 Å². The van der Waals surface area contributed by atoms with Crippen molar-refractivity contribution in [2.45, 2.75) is 29.9 Å². The number of hydrogen-bond donors (Lipinski definition) is 2. The number of thioether (sulfide) groups is 2. The van der Waals surface area contributed by atoms with E-state index in [1.54, 1.807) is 0 Å². The van der Waals surface area contributed by atoms with Crippen molar-refractivity contribution in [2.24, 2.45) is 0 Å². The molecule has 120 valence electrons. The Morgan fingerprint density at radius 1 is 1.27 bits per heavy atom. The Morgan fingerprint density at radius 2 is 2.14 bits per heavy atom. The van der Waals surface area contributed by atoms with Gasteiger partial charge in [-0.2, -0.15) is 0 Å². The van der Waals surface area contributed by atoms with Gasteiger partial charge in [0.1, 0.15) is 0 Å². The Bertz CT molecular complexity index is 501. The molecule has 2 aliphatic rings. The summed E-state index contributed by atoms with van der Waals surface area (Å²) in [5.41, 5.74) is 2.14. The molecule has 22 heavy (non-hydrogen) atoms. The second kappa shape index (κ2) is 8.13. The van der Waals surface area contributed by atoms with Crippen molar-refractivity contribution in [1.29, 1.82) is 0 Å². The zero-order valence-electron chi connectivity index (χ0n) is 12.5. The van der Waals surface area contributed by atoms with Gasteiger partial charge in [-0.1, -0.05) is 12.1 Å². The van der Waals surface area contributed by atoms with Gasteiger partial charge in [-0.3, -0.25) is 0 Å². The van der Waals surface area contributed by atoms with Crippen molar-refractivity contribution < 1.29 is 9.53 Å². The van der Waals surface area contributed by atoms with E-state index >= 15 is 0 Å². The Kier molecular flexibility index (Phi) is 5.92. The molecule has 2 saturated heterocycles. The lowest BCUT2D eigenvalue weighted by atomic mass is 10.2. The third kappa shape index (κ3) is 4.57. The van der Waals surface area contributed by atoms with E-state index in [0.29, 0.717) is 11.1 Å². The standard InChI is InChI=1S/C16H22N2O2S2/c19-16(17-11-14-6-2-7-20-14)18-13-5-1-4-12(10-13)15-21-8-3-9-22-15/h1,4-5,10,14-15H,2-3,6-9,11H2,(H2,17,18,19). The fraction of sp³-hybridized carbons (Fsp3) is 0.562. The molecule has 2 heterocycles. The van der Waals surface area contributed by atoms with Gasteiger partial charge >= 0.3 is 6.03 Å². The minimum Gasteiger partial charge on any atom is -0.376 e. The second-order valence-corrected chi connectivity index (χ2v) is 8.25. The smallest absolute Gasteiger partial charge is 0.319 e. The van der Waals surface area contributed by atoms with Crippen LogP contribution < -0.4 is 10.6 Å². The van der Waals surface area contributed by atoms with Gasteiger partial charge in [0, 0.05) is 18.8 Å². The fourth-order valence-corrected chi connectivity index (χ4v) is 5.50. The van der Waals surface area contributed by atoms with Crippen molar-refractivity contribution in [3.8, 4) is 0 Å². The molecule has 6 heteroatoms. The molecule has 1 aromatic rings. The van der Waals surface area contributed by atoms with Crippen LogP contribution >= 0.6 is 23.5 Å². The van der Waals surface area contributed by atoms with Crippen LogP contribution in [0.5, 0.6) is 0 Å². The third-order valence-electron chi connectivity index (χ3n) is 3.76. The van der Waals surface area contributed by atoms with E-state index < -0.39 is 0 Å². The first-order chi connectivity index (χ1) is 10.8. The first-order valence-electron chi connectivity index (χ1n) is 7.81. The lowest BCUT2D eigenvalue weighted by Gasteiger charge is -2.21. The zero-order chi connectivity index (χ0) is 15.2. The number of nitrogens with one attached hydrogen (secondary N) is 2. The topological polar surface area (TPSA) is 50.4 Å². The van der Waals surface area contributed by atoms with Crippen LogP contribution in [0, 0.1) is 0 Å². The predicted octanol–water partition coefficient (Wildman–Crippen LogP) is 3.86. The van der Waals surface area contributed by atoms with E-state index in [2.05, 4.69) is 22.8 Å². The number of carbonyl (C=O) groups is 1. The van der Waals surface area contributed by atoms with Crippen LogP contribution in [0.2, 0.25) is 0 Å². The van der Waals surface area contributed by atoms with Crippen molar-refractivity contribution >= 4 is 35.2 Å². The summed E-state index contributed by atoms with van der Waals surface area (Å²) in [7, 11) is 0. The average molecular weight is 338 g/mol. The van der Waals surface area contributed by atoms with Gasteiger partial charge in [-0.25, -0.2) is 4.79 Å². The summed E-state index contributed by atoms with van der Waals surface area (Å²) >= 11 is 3.98. The first-order valence-corrected chi connectivity index (χ1v) is 9.90. The monoisotopic (exact) mass is 338 g/mol. The number of amides is 2. The highest BCUT2D eigenvalue weighted by molar-refractivity contribution is 8.16. The van der Waals surface area contributed by atoms with E-state index in [4.69, 9.17) is 4.74 Å². The van der Waals surface area contributed by atoms with Crippen molar-refractivity contribution in [3.05, 3.63) is 29.8 Å².